The minimum absolute atomic E-state index is 0.0947. The summed E-state index contributed by atoms with van der Waals surface area (Å²) in [5, 5.41) is 11.7. The Hall–Kier alpha value is -1.53. The molecular formula is C12H14F2N2O2. The van der Waals surface area contributed by atoms with Crippen LogP contribution in [-0.4, -0.2) is 41.7 Å². The number of carbonyl (C=O) groups excluding carboxylic acids is 1. The molecule has 6 heteroatoms. The Morgan fingerprint density at radius 3 is 2.61 bits per heavy atom. The van der Waals surface area contributed by atoms with Crippen molar-refractivity contribution in [1.82, 2.24) is 4.90 Å². The van der Waals surface area contributed by atoms with Crippen molar-refractivity contribution in [3.05, 3.63) is 29.8 Å². The van der Waals surface area contributed by atoms with Crippen LogP contribution in [0.25, 0.3) is 0 Å². The maximum atomic E-state index is 12.9. The Kier molecular flexibility index (Phi) is 3.88. The lowest BCUT2D eigenvalue weighted by Crippen LogP contribution is -2.32. The highest BCUT2D eigenvalue weighted by atomic mass is 19.1. The van der Waals surface area contributed by atoms with Crippen molar-refractivity contribution in [2.24, 2.45) is 0 Å². The maximum absolute atomic E-state index is 12.9. The summed E-state index contributed by atoms with van der Waals surface area (Å²) in [6.45, 7) is 1.20. The third kappa shape index (κ3) is 3.48. The summed E-state index contributed by atoms with van der Waals surface area (Å²) in [5.74, 6) is -1.82. The van der Waals surface area contributed by atoms with Crippen LogP contribution in [-0.2, 0) is 4.79 Å². The van der Waals surface area contributed by atoms with Crippen LogP contribution in [0.2, 0.25) is 0 Å². The lowest BCUT2D eigenvalue weighted by molar-refractivity contribution is -0.117. The summed E-state index contributed by atoms with van der Waals surface area (Å²) in [4.78, 5) is 13.4. The van der Waals surface area contributed by atoms with E-state index in [4.69, 9.17) is 0 Å². The average Bonchev–Trinajstić information content (AvgIpc) is 2.61. The van der Waals surface area contributed by atoms with Crippen molar-refractivity contribution < 1.29 is 18.7 Å². The molecule has 1 saturated heterocycles. The SMILES string of the molecule is O=C(CN1CC[C@H](O)C1)Nc1cc(F)cc(F)c1. The molecule has 2 rings (SSSR count). The number of nitrogens with zero attached hydrogens (tertiary/aromatic N) is 1. The Morgan fingerprint density at radius 1 is 1.39 bits per heavy atom. The van der Waals surface area contributed by atoms with E-state index >= 15 is 0 Å². The molecule has 1 aliphatic rings. The van der Waals surface area contributed by atoms with Gasteiger partial charge in [-0.15, -0.1) is 0 Å². The molecule has 1 aliphatic heterocycles. The molecule has 1 fully saturated rings. The zero-order chi connectivity index (χ0) is 13.1. The van der Waals surface area contributed by atoms with Crippen molar-refractivity contribution >= 4 is 11.6 Å². The molecule has 0 aliphatic carbocycles. The van der Waals surface area contributed by atoms with E-state index in [2.05, 4.69) is 5.32 Å². The van der Waals surface area contributed by atoms with Gasteiger partial charge in [0.05, 0.1) is 12.6 Å². The van der Waals surface area contributed by atoms with E-state index in [1.807, 2.05) is 0 Å². The number of halogens is 2. The van der Waals surface area contributed by atoms with Crippen LogP contribution in [0.5, 0.6) is 0 Å². The normalized spacial score (nSPS) is 20.1. The first kappa shape index (κ1) is 12.9. The second kappa shape index (κ2) is 5.41. The van der Waals surface area contributed by atoms with Crippen molar-refractivity contribution in [2.45, 2.75) is 12.5 Å². The summed E-state index contributed by atoms with van der Waals surface area (Å²) in [6.07, 6.45) is 0.242. The van der Waals surface area contributed by atoms with Gasteiger partial charge < -0.3 is 10.4 Å². The molecule has 0 unspecified atom stereocenters. The average molecular weight is 256 g/mol. The van der Waals surface area contributed by atoms with E-state index in [0.29, 0.717) is 19.5 Å². The van der Waals surface area contributed by atoms with Crippen LogP contribution >= 0.6 is 0 Å². The number of benzene rings is 1. The molecule has 18 heavy (non-hydrogen) atoms. The first-order chi connectivity index (χ1) is 8.52. The lowest BCUT2D eigenvalue weighted by atomic mass is 10.3. The number of amides is 1. The first-order valence-corrected chi connectivity index (χ1v) is 5.69. The molecular weight excluding hydrogens is 242 g/mol. The predicted octanol–water partition coefficient (Wildman–Crippen LogP) is 0.970. The molecule has 1 amide bonds. The summed E-state index contributed by atoms with van der Waals surface area (Å²) in [5.41, 5.74) is 0.0947. The third-order valence-corrected chi connectivity index (χ3v) is 2.76. The molecule has 0 bridgehead atoms. The Morgan fingerprint density at radius 2 is 2.06 bits per heavy atom. The van der Waals surface area contributed by atoms with E-state index in [9.17, 15) is 18.7 Å². The largest absolute Gasteiger partial charge is 0.392 e. The van der Waals surface area contributed by atoms with Gasteiger partial charge >= 0.3 is 0 Å². The van der Waals surface area contributed by atoms with Gasteiger partial charge in [0.2, 0.25) is 5.91 Å². The van der Waals surface area contributed by atoms with Crippen LogP contribution in [0.15, 0.2) is 18.2 Å². The lowest BCUT2D eigenvalue weighted by Gasteiger charge is -2.14. The summed E-state index contributed by atoms with van der Waals surface area (Å²) >= 11 is 0. The molecule has 0 aromatic heterocycles. The van der Waals surface area contributed by atoms with Gasteiger partial charge in [-0.2, -0.15) is 0 Å². The summed E-state index contributed by atoms with van der Waals surface area (Å²) < 4.78 is 25.8. The van der Waals surface area contributed by atoms with Crippen molar-refractivity contribution in [3.8, 4) is 0 Å². The molecule has 0 saturated carbocycles. The molecule has 4 nitrogen and oxygen atoms in total. The number of aliphatic hydroxyl groups is 1. The maximum Gasteiger partial charge on any atom is 0.238 e. The van der Waals surface area contributed by atoms with Gasteiger partial charge in [-0.05, 0) is 18.6 Å². The minimum atomic E-state index is -0.734. The zero-order valence-corrected chi connectivity index (χ0v) is 9.70. The highest BCUT2D eigenvalue weighted by Gasteiger charge is 2.21. The fourth-order valence-corrected chi connectivity index (χ4v) is 1.99. The number of hydrogen-bond acceptors (Lipinski definition) is 3. The molecule has 1 atom stereocenters. The van der Waals surface area contributed by atoms with Crippen LogP contribution < -0.4 is 5.32 Å². The molecule has 1 aromatic rings. The van der Waals surface area contributed by atoms with Gasteiger partial charge in [-0.25, -0.2) is 8.78 Å². The first-order valence-electron chi connectivity index (χ1n) is 5.69. The van der Waals surface area contributed by atoms with Crippen LogP contribution in [0.3, 0.4) is 0 Å². The highest BCUT2D eigenvalue weighted by molar-refractivity contribution is 5.92. The van der Waals surface area contributed by atoms with Gasteiger partial charge in [0, 0.05) is 24.8 Å². The zero-order valence-electron chi connectivity index (χ0n) is 9.70. The number of rotatable bonds is 3. The van der Waals surface area contributed by atoms with Crippen LogP contribution in [0.1, 0.15) is 6.42 Å². The Labute approximate surface area is 103 Å². The molecule has 0 spiro atoms. The minimum Gasteiger partial charge on any atom is -0.392 e. The highest BCUT2D eigenvalue weighted by Crippen LogP contribution is 2.13. The number of hydrogen-bond donors (Lipinski definition) is 2. The number of anilines is 1. The number of aliphatic hydroxyl groups excluding tert-OH is 1. The van der Waals surface area contributed by atoms with E-state index < -0.39 is 17.7 Å². The van der Waals surface area contributed by atoms with E-state index in [0.717, 1.165) is 18.2 Å². The number of β-amino-alcohol motifs (C(OH)–C–C–N with tert-alkyl or cyclic N) is 1. The third-order valence-electron chi connectivity index (χ3n) is 2.76. The molecule has 1 aromatic carbocycles. The van der Waals surface area contributed by atoms with E-state index in [1.165, 1.54) is 0 Å². The standard InChI is InChI=1S/C12H14F2N2O2/c13-8-3-9(14)5-10(4-8)15-12(18)7-16-2-1-11(17)6-16/h3-5,11,17H,1-2,6-7H2,(H,15,18)/t11-/m0/s1. The van der Waals surface area contributed by atoms with Crippen molar-refractivity contribution in [2.75, 3.05) is 25.0 Å². The van der Waals surface area contributed by atoms with Gasteiger partial charge in [-0.3, -0.25) is 9.69 Å². The second-order valence-electron chi connectivity index (χ2n) is 4.38. The van der Waals surface area contributed by atoms with E-state index in [-0.39, 0.29) is 18.1 Å². The summed E-state index contributed by atoms with van der Waals surface area (Å²) in [7, 11) is 0. The van der Waals surface area contributed by atoms with Crippen molar-refractivity contribution in [3.63, 3.8) is 0 Å². The number of carbonyl (C=O) groups is 1. The molecule has 98 valence electrons. The van der Waals surface area contributed by atoms with Gasteiger partial charge in [0.25, 0.3) is 0 Å². The van der Waals surface area contributed by atoms with Gasteiger partial charge in [0.1, 0.15) is 11.6 Å². The van der Waals surface area contributed by atoms with E-state index in [1.54, 1.807) is 4.90 Å². The quantitative estimate of drug-likeness (QED) is 0.847. The molecule has 0 radical (unpaired) electrons. The Bertz CT molecular complexity index is 433. The Balaban J connectivity index is 1.90. The van der Waals surface area contributed by atoms with Crippen molar-refractivity contribution in [1.29, 1.82) is 0 Å². The monoisotopic (exact) mass is 256 g/mol. The van der Waals surface area contributed by atoms with Gasteiger partial charge in [0.15, 0.2) is 0 Å². The number of nitrogens with one attached hydrogen (secondary N) is 1. The fourth-order valence-electron chi connectivity index (χ4n) is 1.99. The molecule has 1 heterocycles. The fraction of sp³-hybridized carbons (Fsp3) is 0.417. The van der Waals surface area contributed by atoms with Crippen LogP contribution in [0, 0.1) is 11.6 Å². The van der Waals surface area contributed by atoms with Gasteiger partial charge in [-0.1, -0.05) is 0 Å². The number of likely N-dealkylation sites (tertiary alicyclic amines) is 1. The topological polar surface area (TPSA) is 52.6 Å². The smallest absolute Gasteiger partial charge is 0.238 e. The molecule has 2 N–H and O–H groups in total. The second-order valence-corrected chi connectivity index (χ2v) is 4.38. The predicted molar refractivity (Wildman–Crippen MR) is 62.1 cm³/mol. The summed E-state index contributed by atoms with van der Waals surface area (Å²) in [6, 6.07) is 2.85. The van der Waals surface area contributed by atoms with Crippen LogP contribution in [0.4, 0.5) is 14.5 Å².